The highest BCUT2D eigenvalue weighted by Gasteiger charge is 2.32. The van der Waals surface area contributed by atoms with E-state index in [2.05, 4.69) is 15.3 Å². The number of carbonyl (C=O) groups is 1. The number of hydrogen-bond donors (Lipinski definition) is 1. The average molecular weight is 299 g/mol. The van der Waals surface area contributed by atoms with Gasteiger partial charge in [-0.15, -0.1) is 0 Å². The first kappa shape index (κ1) is 14.3. The van der Waals surface area contributed by atoms with E-state index >= 15 is 0 Å². The van der Waals surface area contributed by atoms with Crippen molar-refractivity contribution in [2.24, 2.45) is 0 Å². The lowest BCUT2D eigenvalue weighted by molar-refractivity contribution is -0.118. The second kappa shape index (κ2) is 5.63. The molecule has 1 aliphatic rings. The number of nitrogens with zero attached hydrogens (tertiary/aromatic N) is 2. The minimum absolute atomic E-state index is 0.126. The van der Waals surface area contributed by atoms with Crippen molar-refractivity contribution in [3.63, 3.8) is 0 Å². The summed E-state index contributed by atoms with van der Waals surface area (Å²) in [5, 5.41) is 2.57. The number of fused-ring (bicyclic) bond motifs is 1. The Balaban J connectivity index is 1.63. The zero-order valence-electron chi connectivity index (χ0n) is 12.5. The Bertz CT molecular complexity index is 686. The SMILES string of the molecule is CC1(C)Cc2cccc(OCC(=O)Nc3ncccn3)c2O1. The quantitative estimate of drug-likeness (QED) is 0.937. The predicted octanol–water partition coefficient (Wildman–Crippen LogP) is 2.21. The Morgan fingerprint density at radius 2 is 2.09 bits per heavy atom. The topological polar surface area (TPSA) is 73.3 Å². The van der Waals surface area contributed by atoms with Gasteiger partial charge in [-0.3, -0.25) is 10.1 Å². The van der Waals surface area contributed by atoms with Crippen LogP contribution in [0, 0.1) is 0 Å². The van der Waals surface area contributed by atoms with Crippen molar-refractivity contribution in [2.45, 2.75) is 25.9 Å². The molecule has 22 heavy (non-hydrogen) atoms. The molecule has 0 saturated heterocycles. The Hall–Kier alpha value is -2.63. The molecule has 2 heterocycles. The van der Waals surface area contributed by atoms with Gasteiger partial charge < -0.3 is 9.47 Å². The molecule has 2 aromatic rings. The molecule has 0 bridgehead atoms. The van der Waals surface area contributed by atoms with Crippen LogP contribution in [0.1, 0.15) is 19.4 Å². The Morgan fingerprint density at radius 1 is 1.32 bits per heavy atom. The van der Waals surface area contributed by atoms with Crippen LogP contribution in [0.15, 0.2) is 36.7 Å². The molecule has 0 aliphatic carbocycles. The number of aromatic nitrogens is 2. The second-order valence-electron chi connectivity index (χ2n) is 5.69. The number of carbonyl (C=O) groups excluding carboxylic acids is 1. The molecule has 0 fully saturated rings. The van der Waals surface area contributed by atoms with Crippen molar-refractivity contribution in [2.75, 3.05) is 11.9 Å². The van der Waals surface area contributed by atoms with E-state index in [0.717, 1.165) is 17.7 Å². The van der Waals surface area contributed by atoms with Crippen LogP contribution in [-0.2, 0) is 11.2 Å². The molecular weight excluding hydrogens is 282 g/mol. The van der Waals surface area contributed by atoms with Gasteiger partial charge in [0.05, 0.1) is 0 Å². The van der Waals surface area contributed by atoms with Crippen LogP contribution in [0.3, 0.4) is 0 Å². The molecule has 1 aliphatic heterocycles. The predicted molar refractivity (Wildman–Crippen MR) is 81.0 cm³/mol. The van der Waals surface area contributed by atoms with E-state index in [4.69, 9.17) is 9.47 Å². The first-order valence-electron chi connectivity index (χ1n) is 7.04. The lowest BCUT2D eigenvalue weighted by atomic mass is 10.0. The maximum absolute atomic E-state index is 11.9. The summed E-state index contributed by atoms with van der Waals surface area (Å²) >= 11 is 0. The van der Waals surface area contributed by atoms with Crippen molar-refractivity contribution in [1.29, 1.82) is 0 Å². The van der Waals surface area contributed by atoms with Gasteiger partial charge in [0.15, 0.2) is 18.1 Å². The summed E-state index contributed by atoms with van der Waals surface area (Å²) in [4.78, 5) is 19.7. The van der Waals surface area contributed by atoms with Gasteiger partial charge in [0.1, 0.15) is 5.60 Å². The van der Waals surface area contributed by atoms with Crippen LogP contribution in [-0.4, -0.2) is 28.1 Å². The molecule has 0 saturated carbocycles. The number of para-hydroxylation sites is 1. The first-order valence-corrected chi connectivity index (χ1v) is 7.04. The van der Waals surface area contributed by atoms with E-state index in [1.807, 2.05) is 26.0 Å². The molecule has 114 valence electrons. The molecule has 1 amide bonds. The van der Waals surface area contributed by atoms with Gasteiger partial charge in [-0.1, -0.05) is 12.1 Å². The summed E-state index contributed by atoms with van der Waals surface area (Å²) in [5.74, 6) is 1.23. The molecule has 3 rings (SSSR count). The minimum atomic E-state index is -0.318. The summed E-state index contributed by atoms with van der Waals surface area (Å²) in [6.07, 6.45) is 3.94. The van der Waals surface area contributed by atoms with Crippen molar-refractivity contribution in [3.8, 4) is 11.5 Å². The largest absolute Gasteiger partial charge is 0.483 e. The number of rotatable bonds is 4. The van der Waals surface area contributed by atoms with E-state index in [-0.39, 0.29) is 24.1 Å². The van der Waals surface area contributed by atoms with Gasteiger partial charge >= 0.3 is 0 Å². The van der Waals surface area contributed by atoms with Gasteiger partial charge in [0.25, 0.3) is 5.91 Å². The monoisotopic (exact) mass is 299 g/mol. The van der Waals surface area contributed by atoms with Crippen LogP contribution in [0.4, 0.5) is 5.95 Å². The van der Waals surface area contributed by atoms with Crippen LogP contribution in [0.25, 0.3) is 0 Å². The Kier molecular flexibility index (Phi) is 3.66. The molecule has 6 heteroatoms. The summed E-state index contributed by atoms with van der Waals surface area (Å²) in [6.45, 7) is 3.92. The molecule has 1 N–H and O–H groups in total. The molecule has 1 aromatic carbocycles. The van der Waals surface area contributed by atoms with E-state index in [9.17, 15) is 4.79 Å². The second-order valence-corrected chi connectivity index (χ2v) is 5.69. The summed E-state index contributed by atoms with van der Waals surface area (Å²) < 4.78 is 11.5. The fraction of sp³-hybridized carbons (Fsp3) is 0.312. The van der Waals surface area contributed by atoms with Crippen molar-refractivity contribution in [1.82, 2.24) is 9.97 Å². The summed E-state index contributed by atoms with van der Waals surface area (Å²) in [5.41, 5.74) is 0.844. The highest BCUT2D eigenvalue weighted by atomic mass is 16.5. The molecule has 0 unspecified atom stereocenters. The lowest BCUT2D eigenvalue weighted by Crippen LogP contribution is -2.25. The van der Waals surface area contributed by atoms with Gasteiger partial charge in [-0.25, -0.2) is 9.97 Å². The highest BCUT2D eigenvalue weighted by molar-refractivity contribution is 5.90. The number of nitrogens with one attached hydrogen (secondary N) is 1. The fourth-order valence-electron chi connectivity index (χ4n) is 2.37. The van der Waals surface area contributed by atoms with Crippen molar-refractivity contribution < 1.29 is 14.3 Å². The maximum Gasteiger partial charge on any atom is 0.264 e. The van der Waals surface area contributed by atoms with Crippen LogP contribution >= 0.6 is 0 Å². The standard InChI is InChI=1S/C16H17N3O3/c1-16(2)9-11-5-3-6-12(14(11)22-16)21-10-13(20)19-15-17-7-4-8-18-15/h3-8H,9-10H2,1-2H3,(H,17,18,19,20). The van der Waals surface area contributed by atoms with Gasteiger partial charge in [-0.2, -0.15) is 0 Å². The average Bonchev–Trinajstić information content (AvgIpc) is 2.80. The third-order valence-corrected chi connectivity index (χ3v) is 3.23. The molecule has 0 spiro atoms. The van der Waals surface area contributed by atoms with Crippen molar-refractivity contribution in [3.05, 3.63) is 42.2 Å². The highest BCUT2D eigenvalue weighted by Crippen LogP contribution is 2.41. The van der Waals surface area contributed by atoms with Crippen LogP contribution < -0.4 is 14.8 Å². The maximum atomic E-state index is 11.9. The van der Waals surface area contributed by atoms with E-state index in [1.54, 1.807) is 24.5 Å². The number of anilines is 1. The van der Waals surface area contributed by atoms with Crippen molar-refractivity contribution >= 4 is 11.9 Å². The smallest absolute Gasteiger partial charge is 0.264 e. The number of benzene rings is 1. The molecular formula is C16H17N3O3. The Morgan fingerprint density at radius 3 is 2.86 bits per heavy atom. The molecule has 6 nitrogen and oxygen atoms in total. The molecule has 1 aromatic heterocycles. The first-order chi connectivity index (χ1) is 10.5. The van der Waals surface area contributed by atoms with E-state index < -0.39 is 0 Å². The number of ether oxygens (including phenoxy) is 2. The van der Waals surface area contributed by atoms with E-state index in [1.165, 1.54) is 0 Å². The zero-order chi connectivity index (χ0) is 15.6. The van der Waals surface area contributed by atoms with Crippen LogP contribution in [0.5, 0.6) is 11.5 Å². The van der Waals surface area contributed by atoms with Gasteiger partial charge in [-0.05, 0) is 26.0 Å². The lowest BCUT2D eigenvalue weighted by Gasteiger charge is -2.18. The molecule has 0 radical (unpaired) electrons. The normalized spacial score (nSPS) is 14.8. The van der Waals surface area contributed by atoms with Gasteiger partial charge in [0.2, 0.25) is 5.95 Å². The molecule has 0 atom stereocenters. The minimum Gasteiger partial charge on any atom is -0.483 e. The zero-order valence-corrected chi connectivity index (χ0v) is 12.5. The Labute approximate surface area is 128 Å². The van der Waals surface area contributed by atoms with Gasteiger partial charge in [0, 0.05) is 24.4 Å². The number of amides is 1. The fourth-order valence-corrected chi connectivity index (χ4v) is 2.37. The summed E-state index contributed by atoms with van der Waals surface area (Å²) in [6, 6.07) is 7.39. The van der Waals surface area contributed by atoms with E-state index in [0.29, 0.717) is 5.75 Å². The summed E-state index contributed by atoms with van der Waals surface area (Å²) in [7, 11) is 0. The third kappa shape index (κ3) is 3.16. The van der Waals surface area contributed by atoms with Crippen LogP contribution in [0.2, 0.25) is 0 Å². The third-order valence-electron chi connectivity index (χ3n) is 3.23. The number of hydrogen-bond acceptors (Lipinski definition) is 5.